The number of carboxylic acids is 1. The number of hydrogen-bond acceptors (Lipinski definition) is 3. The van der Waals surface area contributed by atoms with Crippen LogP contribution in [0, 0.1) is 0 Å². The highest BCUT2D eigenvalue weighted by Crippen LogP contribution is 2.10. The first-order valence-electron chi connectivity index (χ1n) is 11.4. The number of allylic oxidation sites excluding steroid dienone is 2. The maximum absolute atomic E-state index is 11.8. The van der Waals surface area contributed by atoms with Crippen LogP contribution in [-0.2, 0) is 14.4 Å². The third kappa shape index (κ3) is 19.2. The molecule has 0 aliphatic carbocycles. The smallest absolute Gasteiger partial charge is 0.326 e. The highest BCUT2D eigenvalue weighted by molar-refractivity contribution is 5.84. The van der Waals surface area contributed by atoms with Crippen molar-refractivity contribution in [2.75, 3.05) is 0 Å². The van der Waals surface area contributed by atoms with E-state index in [1.165, 1.54) is 51.4 Å². The van der Waals surface area contributed by atoms with Gasteiger partial charge >= 0.3 is 5.97 Å². The Balaban J connectivity index is 3.54. The fourth-order valence-corrected chi connectivity index (χ4v) is 3.17. The number of hydrogen-bond donors (Lipinski definition) is 3. The van der Waals surface area contributed by atoms with Crippen LogP contribution < -0.4 is 11.1 Å². The number of aliphatic carboxylic acids is 1. The van der Waals surface area contributed by atoms with Crippen molar-refractivity contribution in [2.24, 2.45) is 5.73 Å². The molecule has 0 bridgehead atoms. The first-order chi connectivity index (χ1) is 14.0. The molecule has 4 N–H and O–H groups in total. The van der Waals surface area contributed by atoms with Gasteiger partial charge in [0.05, 0.1) is 0 Å². The number of carbonyl (C=O) groups excluding carboxylic acids is 2. The monoisotopic (exact) mass is 410 g/mol. The molecule has 0 fully saturated rings. The Morgan fingerprint density at radius 3 is 1.86 bits per heavy atom. The second-order valence-corrected chi connectivity index (χ2v) is 7.80. The molecule has 0 radical (unpaired) electrons. The van der Waals surface area contributed by atoms with Crippen LogP contribution in [0.25, 0.3) is 0 Å². The summed E-state index contributed by atoms with van der Waals surface area (Å²) >= 11 is 0. The van der Waals surface area contributed by atoms with Crippen LogP contribution in [0.15, 0.2) is 12.2 Å². The topological polar surface area (TPSA) is 109 Å². The maximum Gasteiger partial charge on any atom is 0.326 e. The minimum absolute atomic E-state index is 0.0305. The normalized spacial score (nSPS) is 12.2. The van der Waals surface area contributed by atoms with Crippen molar-refractivity contribution in [1.82, 2.24) is 5.32 Å². The van der Waals surface area contributed by atoms with Crippen molar-refractivity contribution in [3.63, 3.8) is 0 Å². The summed E-state index contributed by atoms with van der Waals surface area (Å²) in [5, 5.41) is 11.5. The molecule has 168 valence electrons. The van der Waals surface area contributed by atoms with E-state index in [-0.39, 0.29) is 18.7 Å². The molecule has 1 atom stereocenters. The summed E-state index contributed by atoms with van der Waals surface area (Å²) in [6.07, 6.45) is 20.4. The summed E-state index contributed by atoms with van der Waals surface area (Å²) in [4.78, 5) is 33.7. The molecule has 0 aliphatic heterocycles. The molecule has 0 rings (SSSR count). The number of primary amides is 1. The lowest BCUT2D eigenvalue weighted by Crippen LogP contribution is -2.41. The fourth-order valence-electron chi connectivity index (χ4n) is 3.17. The zero-order valence-electron chi connectivity index (χ0n) is 18.3. The second kappa shape index (κ2) is 19.5. The van der Waals surface area contributed by atoms with E-state index < -0.39 is 17.9 Å². The molecular formula is C23H42N2O4. The Hall–Kier alpha value is -1.85. The highest BCUT2D eigenvalue weighted by atomic mass is 16.4. The molecule has 0 unspecified atom stereocenters. The number of nitrogens with one attached hydrogen (secondary N) is 1. The molecular weight excluding hydrogens is 368 g/mol. The van der Waals surface area contributed by atoms with Crippen molar-refractivity contribution in [3.05, 3.63) is 12.2 Å². The van der Waals surface area contributed by atoms with Crippen molar-refractivity contribution < 1.29 is 19.5 Å². The van der Waals surface area contributed by atoms with E-state index in [2.05, 4.69) is 24.4 Å². The average molecular weight is 411 g/mol. The van der Waals surface area contributed by atoms with Crippen LogP contribution in [-0.4, -0.2) is 28.9 Å². The van der Waals surface area contributed by atoms with Gasteiger partial charge in [-0.1, -0.05) is 70.4 Å². The third-order valence-electron chi connectivity index (χ3n) is 4.98. The van der Waals surface area contributed by atoms with Crippen LogP contribution in [0.4, 0.5) is 0 Å². The van der Waals surface area contributed by atoms with E-state index in [1.54, 1.807) is 0 Å². The van der Waals surface area contributed by atoms with E-state index in [9.17, 15) is 14.4 Å². The molecule has 0 heterocycles. The lowest BCUT2D eigenvalue weighted by atomic mass is 10.1. The molecule has 0 aromatic carbocycles. The Morgan fingerprint density at radius 2 is 1.34 bits per heavy atom. The van der Waals surface area contributed by atoms with Gasteiger partial charge in [0.15, 0.2) is 0 Å². The van der Waals surface area contributed by atoms with E-state index in [0.29, 0.717) is 6.42 Å². The van der Waals surface area contributed by atoms with E-state index in [0.717, 1.165) is 32.1 Å². The fraction of sp³-hybridized carbons (Fsp3) is 0.783. The quantitative estimate of drug-likeness (QED) is 0.197. The van der Waals surface area contributed by atoms with Crippen molar-refractivity contribution >= 4 is 17.8 Å². The summed E-state index contributed by atoms with van der Waals surface area (Å²) < 4.78 is 0. The van der Waals surface area contributed by atoms with Crippen LogP contribution in [0.5, 0.6) is 0 Å². The zero-order valence-corrected chi connectivity index (χ0v) is 18.3. The minimum Gasteiger partial charge on any atom is -0.480 e. The Kier molecular flexibility index (Phi) is 18.2. The molecule has 0 saturated carbocycles. The van der Waals surface area contributed by atoms with Gasteiger partial charge in [0.1, 0.15) is 6.04 Å². The lowest BCUT2D eigenvalue weighted by Gasteiger charge is -2.13. The van der Waals surface area contributed by atoms with Crippen molar-refractivity contribution in [1.29, 1.82) is 0 Å². The van der Waals surface area contributed by atoms with Gasteiger partial charge in [-0.2, -0.15) is 0 Å². The number of rotatable bonds is 20. The minimum atomic E-state index is -1.14. The summed E-state index contributed by atoms with van der Waals surface area (Å²) in [5.41, 5.74) is 5.02. The van der Waals surface area contributed by atoms with Gasteiger partial charge in [-0.25, -0.2) is 4.79 Å². The predicted molar refractivity (Wildman–Crippen MR) is 117 cm³/mol. The summed E-state index contributed by atoms with van der Waals surface area (Å²) in [6, 6.07) is -1.04. The number of carbonyl (C=O) groups is 3. The Labute approximate surface area is 176 Å². The van der Waals surface area contributed by atoms with Gasteiger partial charge in [0.25, 0.3) is 0 Å². The van der Waals surface area contributed by atoms with Crippen LogP contribution >= 0.6 is 0 Å². The van der Waals surface area contributed by atoms with Gasteiger partial charge in [0, 0.05) is 12.8 Å². The van der Waals surface area contributed by atoms with E-state index >= 15 is 0 Å². The summed E-state index contributed by atoms with van der Waals surface area (Å²) in [7, 11) is 0. The SMILES string of the molecule is CCCCCCCC/C=C/CCCCCCCC(=O)N[C@@H](CCC(N)=O)C(=O)O. The Bertz CT molecular complexity index is 477. The average Bonchev–Trinajstić information content (AvgIpc) is 2.67. The molecule has 6 nitrogen and oxygen atoms in total. The van der Waals surface area contributed by atoms with E-state index in [4.69, 9.17) is 10.8 Å². The van der Waals surface area contributed by atoms with Gasteiger partial charge < -0.3 is 16.2 Å². The molecule has 29 heavy (non-hydrogen) atoms. The van der Waals surface area contributed by atoms with Crippen molar-refractivity contribution in [2.45, 2.75) is 116 Å². The van der Waals surface area contributed by atoms with Crippen molar-refractivity contribution in [3.8, 4) is 0 Å². The highest BCUT2D eigenvalue weighted by Gasteiger charge is 2.20. The summed E-state index contributed by atoms with van der Waals surface area (Å²) in [6.45, 7) is 2.24. The number of carboxylic acid groups (broad SMARTS) is 1. The molecule has 0 saturated heterocycles. The van der Waals surface area contributed by atoms with Crippen LogP contribution in [0.3, 0.4) is 0 Å². The number of amides is 2. The van der Waals surface area contributed by atoms with Crippen LogP contribution in [0.2, 0.25) is 0 Å². The third-order valence-corrected chi connectivity index (χ3v) is 4.98. The van der Waals surface area contributed by atoms with Gasteiger partial charge in [-0.05, 0) is 38.5 Å². The van der Waals surface area contributed by atoms with Crippen LogP contribution in [0.1, 0.15) is 110 Å². The van der Waals surface area contributed by atoms with Gasteiger partial charge in [0.2, 0.25) is 11.8 Å². The second-order valence-electron chi connectivity index (χ2n) is 7.80. The maximum atomic E-state index is 11.8. The zero-order chi connectivity index (χ0) is 21.7. The summed E-state index contributed by atoms with van der Waals surface area (Å²) in [5.74, 6) is -1.98. The Morgan fingerprint density at radius 1 is 0.828 bits per heavy atom. The van der Waals surface area contributed by atoms with E-state index in [1.807, 2.05) is 0 Å². The molecule has 6 heteroatoms. The van der Waals surface area contributed by atoms with Gasteiger partial charge in [-0.15, -0.1) is 0 Å². The van der Waals surface area contributed by atoms with Gasteiger partial charge in [-0.3, -0.25) is 9.59 Å². The molecule has 0 aromatic heterocycles. The first-order valence-corrected chi connectivity index (χ1v) is 11.4. The molecule has 0 aliphatic rings. The lowest BCUT2D eigenvalue weighted by molar-refractivity contribution is -0.142. The standard InChI is InChI=1S/C23H42N2O4/c1-2-3-4-5-6-7-8-9-10-11-12-13-14-15-16-17-22(27)25-20(23(28)29)18-19-21(24)26/h9-10,20H,2-8,11-19H2,1H3,(H2,24,26)(H,25,27)(H,28,29)/b10-9+/t20-/m0/s1. The predicted octanol–water partition coefficient (Wildman–Crippen LogP) is 4.86. The molecule has 0 aromatic rings. The number of nitrogens with two attached hydrogens (primary N) is 1. The first kappa shape index (κ1) is 27.1. The number of unbranched alkanes of at least 4 members (excludes halogenated alkanes) is 11. The molecule has 0 spiro atoms. The molecule has 2 amide bonds. The largest absolute Gasteiger partial charge is 0.480 e.